The highest BCUT2D eigenvalue weighted by Gasteiger charge is 2.33. The number of hydrogen-bond acceptors (Lipinski definition) is 5. The number of anilines is 2. The van der Waals surface area contributed by atoms with E-state index < -0.39 is 0 Å². The fourth-order valence-corrected chi connectivity index (χ4v) is 3.29. The molecule has 0 atom stereocenters. The molecule has 2 N–H and O–H groups in total. The number of likely N-dealkylation sites (tertiary alicyclic amines) is 1. The maximum absolute atomic E-state index is 13.0. The van der Waals surface area contributed by atoms with E-state index in [4.69, 9.17) is 10.5 Å². The molecule has 1 fully saturated rings. The van der Waals surface area contributed by atoms with Gasteiger partial charge in [-0.05, 0) is 37.1 Å². The third kappa shape index (κ3) is 3.48. The SMILES string of the molecule is Nc1ccc2c(c1)O/C(=C/c1ccccn1)C(=O)N2CC(=O)N1CCCC1. The number of nitrogens with zero attached hydrogens (tertiary/aromatic N) is 3. The maximum atomic E-state index is 13.0. The molecule has 0 aliphatic carbocycles. The van der Waals surface area contributed by atoms with Gasteiger partial charge in [0.1, 0.15) is 6.54 Å². The van der Waals surface area contributed by atoms with Crippen LogP contribution in [0.2, 0.25) is 0 Å². The van der Waals surface area contributed by atoms with Crippen LogP contribution in [0.4, 0.5) is 11.4 Å². The van der Waals surface area contributed by atoms with Crippen molar-refractivity contribution in [1.29, 1.82) is 0 Å². The fraction of sp³-hybridized carbons (Fsp3) is 0.250. The third-order valence-electron chi connectivity index (χ3n) is 4.67. The van der Waals surface area contributed by atoms with Crippen molar-refractivity contribution in [3.63, 3.8) is 0 Å². The monoisotopic (exact) mass is 364 g/mol. The first-order chi connectivity index (χ1) is 13.1. The number of aromatic nitrogens is 1. The first kappa shape index (κ1) is 17.1. The number of amides is 2. The number of rotatable bonds is 3. The fourth-order valence-electron chi connectivity index (χ4n) is 3.29. The molecule has 138 valence electrons. The van der Waals surface area contributed by atoms with Gasteiger partial charge < -0.3 is 15.4 Å². The van der Waals surface area contributed by atoms with Crippen LogP contribution < -0.4 is 15.4 Å². The Hall–Kier alpha value is -3.35. The smallest absolute Gasteiger partial charge is 0.294 e. The van der Waals surface area contributed by atoms with Crippen molar-refractivity contribution in [2.24, 2.45) is 0 Å². The Labute approximate surface area is 157 Å². The van der Waals surface area contributed by atoms with Gasteiger partial charge in [0.05, 0.1) is 11.4 Å². The number of pyridine rings is 1. The molecule has 27 heavy (non-hydrogen) atoms. The second kappa shape index (κ2) is 7.11. The van der Waals surface area contributed by atoms with E-state index in [-0.39, 0.29) is 24.1 Å². The topological polar surface area (TPSA) is 88.8 Å². The van der Waals surface area contributed by atoms with Crippen LogP contribution in [0.3, 0.4) is 0 Å². The number of nitrogen functional groups attached to an aromatic ring is 1. The first-order valence-electron chi connectivity index (χ1n) is 8.91. The lowest BCUT2D eigenvalue weighted by Gasteiger charge is -2.31. The Kier molecular flexibility index (Phi) is 4.50. The lowest BCUT2D eigenvalue weighted by atomic mass is 10.1. The molecule has 0 spiro atoms. The molecule has 0 radical (unpaired) electrons. The van der Waals surface area contributed by atoms with Crippen LogP contribution >= 0.6 is 0 Å². The minimum Gasteiger partial charge on any atom is -0.449 e. The number of benzene rings is 1. The van der Waals surface area contributed by atoms with Crippen LogP contribution in [-0.4, -0.2) is 41.3 Å². The van der Waals surface area contributed by atoms with Crippen LogP contribution in [0.1, 0.15) is 18.5 Å². The van der Waals surface area contributed by atoms with Crippen molar-refractivity contribution in [3.05, 3.63) is 54.0 Å². The molecule has 2 aliphatic rings. The maximum Gasteiger partial charge on any atom is 0.294 e. The summed E-state index contributed by atoms with van der Waals surface area (Å²) in [4.78, 5) is 33.1. The predicted octanol–water partition coefficient (Wildman–Crippen LogP) is 2.05. The van der Waals surface area contributed by atoms with Gasteiger partial charge in [-0.1, -0.05) is 6.07 Å². The van der Waals surface area contributed by atoms with Gasteiger partial charge in [0.2, 0.25) is 5.91 Å². The van der Waals surface area contributed by atoms with E-state index in [1.165, 1.54) is 4.90 Å². The Morgan fingerprint density at radius 1 is 1.22 bits per heavy atom. The quantitative estimate of drug-likeness (QED) is 0.665. The third-order valence-corrected chi connectivity index (χ3v) is 4.67. The van der Waals surface area contributed by atoms with Crippen LogP contribution in [-0.2, 0) is 9.59 Å². The molecule has 0 saturated carbocycles. The molecule has 0 unspecified atom stereocenters. The first-order valence-corrected chi connectivity index (χ1v) is 8.91. The van der Waals surface area contributed by atoms with Crippen molar-refractivity contribution in [3.8, 4) is 5.75 Å². The zero-order valence-electron chi connectivity index (χ0n) is 14.8. The summed E-state index contributed by atoms with van der Waals surface area (Å²) < 4.78 is 5.79. The highest BCUT2D eigenvalue weighted by Crippen LogP contribution is 2.37. The molecule has 7 nitrogen and oxygen atoms in total. The second-order valence-electron chi connectivity index (χ2n) is 6.57. The largest absolute Gasteiger partial charge is 0.449 e. The highest BCUT2D eigenvalue weighted by molar-refractivity contribution is 6.12. The summed E-state index contributed by atoms with van der Waals surface area (Å²) in [6.45, 7) is 1.45. The lowest BCUT2D eigenvalue weighted by Crippen LogP contribution is -2.45. The van der Waals surface area contributed by atoms with E-state index in [0.29, 0.717) is 22.8 Å². The molecule has 4 rings (SSSR count). The van der Waals surface area contributed by atoms with Crippen LogP contribution in [0.15, 0.2) is 48.4 Å². The molecule has 1 saturated heterocycles. The van der Waals surface area contributed by atoms with Gasteiger partial charge in [-0.3, -0.25) is 19.5 Å². The Morgan fingerprint density at radius 3 is 2.78 bits per heavy atom. The summed E-state index contributed by atoms with van der Waals surface area (Å²) in [5.74, 6) is 0.125. The molecule has 1 aromatic carbocycles. The molecular formula is C20H20N4O3. The summed E-state index contributed by atoms with van der Waals surface area (Å²) in [6, 6.07) is 10.4. The zero-order valence-corrected chi connectivity index (χ0v) is 14.8. The molecule has 2 aliphatic heterocycles. The molecule has 3 heterocycles. The van der Waals surface area contributed by atoms with Gasteiger partial charge in [0.25, 0.3) is 5.91 Å². The normalized spacial score (nSPS) is 17.8. The second-order valence-corrected chi connectivity index (χ2v) is 6.57. The van der Waals surface area contributed by atoms with Gasteiger partial charge in [-0.25, -0.2) is 0 Å². The van der Waals surface area contributed by atoms with Crippen molar-refractivity contribution in [2.75, 3.05) is 30.3 Å². The molecule has 2 aromatic rings. The van der Waals surface area contributed by atoms with Crippen molar-refractivity contribution in [2.45, 2.75) is 12.8 Å². The highest BCUT2D eigenvalue weighted by atomic mass is 16.5. The summed E-state index contributed by atoms with van der Waals surface area (Å²) in [6.07, 6.45) is 5.21. The van der Waals surface area contributed by atoms with Gasteiger partial charge in [0.15, 0.2) is 11.5 Å². The Bertz CT molecular complexity index is 905. The number of nitrogens with two attached hydrogens (primary N) is 1. The van der Waals surface area contributed by atoms with Gasteiger partial charge in [-0.2, -0.15) is 0 Å². The molecular weight excluding hydrogens is 344 g/mol. The predicted molar refractivity (Wildman–Crippen MR) is 102 cm³/mol. The van der Waals surface area contributed by atoms with Gasteiger partial charge >= 0.3 is 0 Å². The average molecular weight is 364 g/mol. The standard InChI is InChI=1S/C20H20N4O3/c21-14-6-7-16-17(11-14)27-18(12-15-5-1-2-8-22-15)20(26)24(16)13-19(25)23-9-3-4-10-23/h1-2,5-8,11-12H,3-4,9-10,13,21H2/b18-12+. The molecule has 1 aromatic heterocycles. The van der Waals surface area contributed by atoms with E-state index >= 15 is 0 Å². The number of ether oxygens (including phenoxy) is 1. The molecule has 7 heteroatoms. The van der Waals surface area contributed by atoms with Crippen LogP contribution in [0.25, 0.3) is 6.08 Å². The van der Waals surface area contributed by atoms with E-state index in [9.17, 15) is 9.59 Å². The zero-order chi connectivity index (χ0) is 18.8. The minimum absolute atomic E-state index is 0.0291. The molecule has 2 amide bonds. The van der Waals surface area contributed by atoms with Gasteiger partial charge in [0, 0.05) is 37.1 Å². The summed E-state index contributed by atoms with van der Waals surface area (Å²) in [7, 11) is 0. The summed E-state index contributed by atoms with van der Waals surface area (Å²) in [5, 5.41) is 0. The van der Waals surface area contributed by atoms with Crippen molar-refractivity contribution >= 4 is 29.3 Å². The van der Waals surface area contributed by atoms with Gasteiger partial charge in [-0.15, -0.1) is 0 Å². The van der Waals surface area contributed by atoms with Crippen molar-refractivity contribution < 1.29 is 14.3 Å². The van der Waals surface area contributed by atoms with Crippen LogP contribution in [0.5, 0.6) is 5.75 Å². The number of fused-ring (bicyclic) bond motifs is 1. The number of hydrogen-bond donors (Lipinski definition) is 1. The Balaban J connectivity index is 1.68. The van der Waals surface area contributed by atoms with Crippen molar-refractivity contribution in [1.82, 2.24) is 9.88 Å². The summed E-state index contributed by atoms with van der Waals surface area (Å²) in [5.41, 5.74) is 7.53. The Morgan fingerprint density at radius 2 is 2.04 bits per heavy atom. The lowest BCUT2D eigenvalue weighted by molar-refractivity contribution is -0.130. The number of carbonyl (C=O) groups excluding carboxylic acids is 2. The van der Waals surface area contributed by atoms with E-state index in [0.717, 1.165) is 25.9 Å². The van der Waals surface area contributed by atoms with E-state index in [1.807, 2.05) is 6.07 Å². The van der Waals surface area contributed by atoms with Crippen LogP contribution in [0, 0.1) is 0 Å². The number of carbonyl (C=O) groups is 2. The average Bonchev–Trinajstić information content (AvgIpc) is 3.20. The molecule has 0 bridgehead atoms. The van der Waals surface area contributed by atoms with E-state index in [1.54, 1.807) is 47.5 Å². The minimum atomic E-state index is -0.370. The van der Waals surface area contributed by atoms with E-state index in [2.05, 4.69) is 4.98 Å². The summed E-state index contributed by atoms with van der Waals surface area (Å²) >= 11 is 0.